The van der Waals surface area contributed by atoms with Crippen LogP contribution < -0.4 is 0 Å². The summed E-state index contributed by atoms with van der Waals surface area (Å²) in [5, 5.41) is 9.04. The van der Waals surface area contributed by atoms with E-state index in [9.17, 15) is 4.79 Å². The zero-order chi connectivity index (χ0) is 16.9. The lowest BCUT2D eigenvalue weighted by molar-refractivity contribution is -0.137. The molecule has 138 valence electrons. The Balaban J connectivity index is 1.41. The van der Waals surface area contributed by atoms with Gasteiger partial charge in [0.2, 0.25) is 5.91 Å². The second-order valence-corrected chi connectivity index (χ2v) is 7.58. The van der Waals surface area contributed by atoms with Crippen molar-refractivity contribution in [1.82, 2.24) is 19.6 Å². The molecule has 6 heteroatoms. The van der Waals surface area contributed by atoms with E-state index >= 15 is 0 Å². The largest absolute Gasteiger partial charge is 0.395 e. The fourth-order valence-corrected chi connectivity index (χ4v) is 4.49. The molecule has 1 atom stereocenters. The van der Waals surface area contributed by atoms with Crippen molar-refractivity contribution in [2.24, 2.45) is 0 Å². The number of piperazine rings is 1. The first-order chi connectivity index (χ1) is 11.7. The summed E-state index contributed by atoms with van der Waals surface area (Å²) in [6, 6.07) is 0.693. The molecule has 3 aliphatic rings. The summed E-state index contributed by atoms with van der Waals surface area (Å²) < 4.78 is 0. The second kappa shape index (κ2) is 8.61. The Labute approximate surface area is 146 Å². The van der Waals surface area contributed by atoms with Gasteiger partial charge in [-0.05, 0) is 45.7 Å². The number of rotatable bonds is 5. The van der Waals surface area contributed by atoms with E-state index in [0.717, 1.165) is 71.7 Å². The Morgan fingerprint density at radius 3 is 2.21 bits per heavy atom. The van der Waals surface area contributed by atoms with E-state index in [1.54, 1.807) is 0 Å². The molecule has 0 radical (unpaired) electrons. The number of β-amino-alcohol motifs (C(OH)–C–C–N with tert-alkyl or cyclic N) is 1. The van der Waals surface area contributed by atoms with Gasteiger partial charge < -0.3 is 10.0 Å². The second-order valence-electron chi connectivity index (χ2n) is 7.58. The van der Waals surface area contributed by atoms with E-state index in [2.05, 4.69) is 26.5 Å². The molecule has 1 unspecified atom stereocenters. The highest BCUT2D eigenvalue weighted by atomic mass is 16.3. The van der Waals surface area contributed by atoms with Crippen LogP contribution in [0.15, 0.2) is 0 Å². The Morgan fingerprint density at radius 2 is 1.62 bits per heavy atom. The summed E-state index contributed by atoms with van der Waals surface area (Å²) >= 11 is 0. The summed E-state index contributed by atoms with van der Waals surface area (Å²) in [4.78, 5) is 22.1. The zero-order valence-electron chi connectivity index (χ0n) is 15.2. The molecule has 1 amide bonds. The van der Waals surface area contributed by atoms with Gasteiger partial charge in [0.25, 0.3) is 0 Å². The SMILES string of the molecule is CC(C(=O)N1CCC(N2CCN(CCO)CC2)CC1)N1CCCC1. The molecule has 0 bridgehead atoms. The van der Waals surface area contributed by atoms with Crippen molar-refractivity contribution in [3.63, 3.8) is 0 Å². The van der Waals surface area contributed by atoms with Gasteiger partial charge in [0.15, 0.2) is 0 Å². The number of amides is 1. The van der Waals surface area contributed by atoms with Crippen molar-refractivity contribution >= 4 is 5.91 Å². The molecule has 0 aliphatic carbocycles. The molecule has 0 aromatic carbocycles. The Bertz CT molecular complexity index is 398. The average Bonchev–Trinajstić information content (AvgIpc) is 3.16. The quantitative estimate of drug-likeness (QED) is 0.769. The van der Waals surface area contributed by atoms with E-state index in [1.165, 1.54) is 12.8 Å². The van der Waals surface area contributed by atoms with Crippen LogP contribution in [0.1, 0.15) is 32.6 Å². The molecule has 3 aliphatic heterocycles. The molecule has 1 N–H and O–H groups in total. The van der Waals surface area contributed by atoms with Gasteiger partial charge in [0.05, 0.1) is 12.6 Å². The van der Waals surface area contributed by atoms with Crippen molar-refractivity contribution in [3.8, 4) is 0 Å². The van der Waals surface area contributed by atoms with E-state index in [4.69, 9.17) is 5.11 Å². The predicted octanol–water partition coefficient (Wildman–Crippen LogP) is 0.0716. The third kappa shape index (κ3) is 4.28. The number of piperidine rings is 1. The van der Waals surface area contributed by atoms with Crippen molar-refractivity contribution in [2.45, 2.75) is 44.7 Å². The molecule has 0 aromatic heterocycles. The fourth-order valence-electron chi connectivity index (χ4n) is 4.49. The smallest absolute Gasteiger partial charge is 0.239 e. The van der Waals surface area contributed by atoms with Crippen LogP contribution in [0.4, 0.5) is 0 Å². The first-order valence-corrected chi connectivity index (χ1v) is 9.79. The third-order valence-corrected chi connectivity index (χ3v) is 6.16. The Hall–Kier alpha value is -0.690. The molecule has 0 spiro atoms. The summed E-state index contributed by atoms with van der Waals surface area (Å²) in [6.07, 6.45) is 4.70. The van der Waals surface area contributed by atoms with Crippen LogP contribution >= 0.6 is 0 Å². The number of likely N-dealkylation sites (tertiary alicyclic amines) is 2. The highest BCUT2D eigenvalue weighted by Crippen LogP contribution is 2.20. The number of carbonyl (C=O) groups is 1. The molecule has 3 saturated heterocycles. The van der Waals surface area contributed by atoms with Crippen molar-refractivity contribution in [2.75, 3.05) is 65.5 Å². The molecule has 24 heavy (non-hydrogen) atoms. The summed E-state index contributed by atoms with van der Waals surface area (Å²) in [5.74, 6) is 0.336. The topological polar surface area (TPSA) is 50.3 Å². The highest BCUT2D eigenvalue weighted by Gasteiger charge is 2.32. The van der Waals surface area contributed by atoms with Crippen LogP contribution in [0, 0.1) is 0 Å². The van der Waals surface area contributed by atoms with Crippen LogP contribution in [0.5, 0.6) is 0 Å². The Kier molecular flexibility index (Phi) is 6.49. The highest BCUT2D eigenvalue weighted by molar-refractivity contribution is 5.81. The average molecular weight is 338 g/mol. The molecule has 0 saturated carbocycles. The van der Waals surface area contributed by atoms with Gasteiger partial charge in [-0.3, -0.25) is 19.5 Å². The fraction of sp³-hybridized carbons (Fsp3) is 0.944. The van der Waals surface area contributed by atoms with Crippen LogP contribution in [-0.4, -0.2) is 108 Å². The van der Waals surface area contributed by atoms with Gasteiger partial charge in [-0.15, -0.1) is 0 Å². The number of hydrogen-bond donors (Lipinski definition) is 1. The van der Waals surface area contributed by atoms with Gasteiger partial charge in [-0.2, -0.15) is 0 Å². The molecule has 0 aromatic rings. The summed E-state index contributed by atoms with van der Waals surface area (Å²) in [5.41, 5.74) is 0. The van der Waals surface area contributed by atoms with E-state index < -0.39 is 0 Å². The Morgan fingerprint density at radius 1 is 1.00 bits per heavy atom. The van der Waals surface area contributed by atoms with E-state index in [0.29, 0.717) is 11.9 Å². The molecule has 6 nitrogen and oxygen atoms in total. The maximum absolute atomic E-state index is 12.7. The van der Waals surface area contributed by atoms with Crippen LogP contribution in [0.3, 0.4) is 0 Å². The lowest BCUT2D eigenvalue weighted by atomic mass is 10.0. The summed E-state index contributed by atoms with van der Waals surface area (Å²) in [6.45, 7) is 11.5. The molecular weight excluding hydrogens is 304 g/mol. The monoisotopic (exact) mass is 338 g/mol. The summed E-state index contributed by atoms with van der Waals surface area (Å²) in [7, 11) is 0. The van der Waals surface area contributed by atoms with E-state index in [-0.39, 0.29) is 12.6 Å². The third-order valence-electron chi connectivity index (χ3n) is 6.16. The molecule has 3 rings (SSSR count). The number of aliphatic hydroxyl groups is 1. The van der Waals surface area contributed by atoms with Gasteiger partial charge in [-0.25, -0.2) is 0 Å². The van der Waals surface area contributed by atoms with Gasteiger partial charge in [0.1, 0.15) is 0 Å². The lowest BCUT2D eigenvalue weighted by Crippen LogP contribution is -2.55. The van der Waals surface area contributed by atoms with Crippen LogP contribution in [0.25, 0.3) is 0 Å². The van der Waals surface area contributed by atoms with Crippen LogP contribution in [-0.2, 0) is 4.79 Å². The van der Waals surface area contributed by atoms with Gasteiger partial charge in [-0.1, -0.05) is 0 Å². The standard InChI is InChI=1S/C18H34N4O2/c1-16(20-6-2-3-7-20)18(24)22-8-4-17(5-9-22)21-12-10-19(11-13-21)14-15-23/h16-17,23H,2-15H2,1H3. The maximum atomic E-state index is 12.7. The van der Waals surface area contributed by atoms with Crippen LogP contribution in [0.2, 0.25) is 0 Å². The molecule has 3 fully saturated rings. The zero-order valence-corrected chi connectivity index (χ0v) is 15.2. The maximum Gasteiger partial charge on any atom is 0.239 e. The first-order valence-electron chi connectivity index (χ1n) is 9.79. The van der Waals surface area contributed by atoms with Gasteiger partial charge >= 0.3 is 0 Å². The minimum Gasteiger partial charge on any atom is -0.395 e. The molecular formula is C18H34N4O2. The van der Waals surface area contributed by atoms with Gasteiger partial charge in [0, 0.05) is 51.9 Å². The molecule has 3 heterocycles. The normalized spacial score (nSPS) is 26.8. The minimum absolute atomic E-state index is 0.0612. The van der Waals surface area contributed by atoms with Crippen molar-refractivity contribution in [3.05, 3.63) is 0 Å². The first kappa shape index (κ1) is 18.1. The number of carbonyl (C=O) groups excluding carboxylic acids is 1. The number of hydrogen-bond acceptors (Lipinski definition) is 5. The number of aliphatic hydroxyl groups excluding tert-OH is 1. The lowest BCUT2D eigenvalue weighted by Gasteiger charge is -2.43. The number of nitrogens with zero attached hydrogens (tertiary/aromatic N) is 4. The predicted molar refractivity (Wildman–Crippen MR) is 95.0 cm³/mol. The van der Waals surface area contributed by atoms with Crippen molar-refractivity contribution < 1.29 is 9.90 Å². The minimum atomic E-state index is 0.0612. The van der Waals surface area contributed by atoms with E-state index in [1.807, 2.05) is 0 Å². The van der Waals surface area contributed by atoms with Crippen molar-refractivity contribution in [1.29, 1.82) is 0 Å².